The van der Waals surface area contributed by atoms with Crippen LogP contribution in [0.4, 0.5) is 5.69 Å². The molecule has 0 aliphatic rings. The summed E-state index contributed by atoms with van der Waals surface area (Å²) in [7, 11) is 0. The minimum absolute atomic E-state index is 0.140. The number of hydrogen-bond acceptors (Lipinski definition) is 4. The highest BCUT2D eigenvalue weighted by Crippen LogP contribution is 2.25. The lowest BCUT2D eigenvalue weighted by atomic mass is 10.0. The molecule has 0 aliphatic carbocycles. The molecule has 1 aromatic carbocycles. The van der Waals surface area contributed by atoms with Gasteiger partial charge in [-0.05, 0) is 30.5 Å². The van der Waals surface area contributed by atoms with Crippen molar-refractivity contribution in [3.8, 4) is 0 Å². The second-order valence-corrected chi connectivity index (χ2v) is 6.80. The molecule has 2 amide bonds. The molecular weight excluding hydrogens is 393 g/mol. The third-order valence-electron chi connectivity index (χ3n) is 3.20. The first-order chi connectivity index (χ1) is 12.5. The Labute approximate surface area is 166 Å². The lowest BCUT2D eigenvalue weighted by molar-refractivity contribution is -0.119. The van der Waals surface area contributed by atoms with Crippen LogP contribution in [0.15, 0.2) is 28.2 Å². The minimum Gasteiger partial charge on any atom is -0.368 e. The van der Waals surface area contributed by atoms with Crippen LogP contribution >= 0.6 is 23.2 Å². The fraction of sp³-hybridized carbons (Fsp3) is 0.312. The second kappa shape index (κ2) is 9.89. The van der Waals surface area contributed by atoms with Crippen molar-refractivity contribution in [2.45, 2.75) is 26.3 Å². The molecule has 1 atom stereocenters. The van der Waals surface area contributed by atoms with E-state index in [4.69, 9.17) is 45.8 Å². The van der Waals surface area contributed by atoms with Crippen LogP contribution in [-0.4, -0.2) is 35.4 Å². The number of aliphatic imine (C=N–C) groups is 2. The molecule has 1 aromatic rings. The van der Waals surface area contributed by atoms with Gasteiger partial charge in [0.15, 0.2) is 11.5 Å². The van der Waals surface area contributed by atoms with Crippen LogP contribution < -0.4 is 22.5 Å². The van der Waals surface area contributed by atoms with Crippen LogP contribution in [-0.2, 0) is 9.59 Å². The van der Waals surface area contributed by atoms with Gasteiger partial charge in [0.2, 0.25) is 11.9 Å². The highest BCUT2D eigenvalue weighted by Gasteiger charge is 2.18. The Balaban J connectivity index is 3.22. The summed E-state index contributed by atoms with van der Waals surface area (Å²) in [6, 6.07) is 3.64. The number of anilines is 1. The minimum atomic E-state index is -1.04. The third kappa shape index (κ3) is 7.24. The van der Waals surface area contributed by atoms with Gasteiger partial charge in [-0.25, -0.2) is 4.99 Å². The van der Waals surface area contributed by atoms with E-state index < -0.39 is 23.6 Å². The van der Waals surface area contributed by atoms with Crippen LogP contribution in [0.25, 0.3) is 0 Å². The number of rotatable bonds is 7. The SMILES string of the molecule is CC(C)C[C@@H](N=C(N)/N=C(/Nc1ccc(Cl)c(Cl)c1)C(=N)C(N)=O)C(N)=O. The third-order valence-corrected chi connectivity index (χ3v) is 3.94. The summed E-state index contributed by atoms with van der Waals surface area (Å²) < 4.78 is 0. The molecule has 0 saturated heterocycles. The fourth-order valence-electron chi connectivity index (χ4n) is 1.96. The van der Waals surface area contributed by atoms with E-state index in [0.717, 1.165) is 0 Å². The lowest BCUT2D eigenvalue weighted by Gasteiger charge is -2.13. The van der Waals surface area contributed by atoms with Crippen molar-refractivity contribution < 1.29 is 9.59 Å². The fourth-order valence-corrected chi connectivity index (χ4v) is 2.25. The number of hydrogen-bond donors (Lipinski definition) is 5. The Morgan fingerprint density at radius 3 is 2.30 bits per heavy atom. The number of amidine groups is 1. The normalized spacial score (nSPS) is 13.4. The average Bonchev–Trinajstić information content (AvgIpc) is 2.55. The molecule has 146 valence electrons. The van der Waals surface area contributed by atoms with Gasteiger partial charge >= 0.3 is 0 Å². The average molecular weight is 414 g/mol. The zero-order valence-electron chi connectivity index (χ0n) is 14.8. The maximum atomic E-state index is 11.5. The molecule has 0 bridgehead atoms. The molecule has 8 N–H and O–H groups in total. The second-order valence-electron chi connectivity index (χ2n) is 5.99. The maximum absolute atomic E-state index is 11.5. The molecule has 1 rings (SSSR count). The predicted octanol–water partition coefficient (Wildman–Crippen LogP) is 1.52. The van der Waals surface area contributed by atoms with Crippen molar-refractivity contribution in [2.75, 3.05) is 5.32 Å². The topological polar surface area (TPSA) is 173 Å². The first-order valence-corrected chi connectivity index (χ1v) is 8.59. The number of amides is 2. The standard InChI is InChI=1S/C16H21Cl2N7O2/c1-7(2)5-11(13(20)26)24-16(22)25-15(12(19)14(21)27)23-8-3-4-9(17)10(18)6-8/h3-4,6-7,11,19H,5H2,1-2H3,(H2,20,26)(H2,21,27)(H3,22,23,24,25)/t11-/m1/s1. The van der Waals surface area contributed by atoms with Gasteiger partial charge in [0.05, 0.1) is 10.0 Å². The first kappa shape index (κ1) is 22.4. The van der Waals surface area contributed by atoms with Gasteiger partial charge < -0.3 is 22.5 Å². The Bertz CT molecular complexity index is 806. The molecule has 0 spiro atoms. The Morgan fingerprint density at radius 2 is 1.81 bits per heavy atom. The van der Waals surface area contributed by atoms with Gasteiger partial charge in [-0.2, -0.15) is 4.99 Å². The Hall–Kier alpha value is -2.65. The molecule has 0 heterocycles. The molecular formula is C16H21Cl2N7O2. The summed E-state index contributed by atoms with van der Waals surface area (Å²) in [6.45, 7) is 3.79. The van der Waals surface area contributed by atoms with Gasteiger partial charge in [0, 0.05) is 5.69 Å². The summed E-state index contributed by atoms with van der Waals surface area (Å²) in [5.74, 6) is -2.17. The van der Waals surface area contributed by atoms with E-state index in [0.29, 0.717) is 17.1 Å². The van der Waals surface area contributed by atoms with Crippen molar-refractivity contribution in [3.05, 3.63) is 28.2 Å². The van der Waals surface area contributed by atoms with Crippen molar-refractivity contribution >= 4 is 58.2 Å². The number of guanidine groups is 1. The van der Waals surface area contributed by atoms with Crippen molar-refractivity contribution in [3.63, 3.8) is 0 Å². The Morgan fingerprint density at radius 1 is 1.19 bits per heavy atom. The van der Waals surface area contributed by atoms with Crippen LogP contribution in [0.1, 0.15) is 20.3 Å². The molecule has 9 nitrogen and oxygen atoms in total. The number of benzene rings is 1. The van der Waals surface area contributed by atoms with E-state index in [1.807, 2.05) is 13.8 Å². The van der Waals surface area contributed by atoms with Crippen LogP contribution in [0.3, 0.4) is 0 Å². The summed E-state index contributed by atoms with van der Waals surface area (Å²) in [6.07, 6.45) is 0.369. The first-order valence-electron chi connectivity index (χ1n) is 7.83. The van der Waals surface area contributed by atoms with Crippen molar-refractivity contribution in [1.82, 2.24) is 0 Å². The number of nitrogens with zero attached hydrogens (tertiary/aromatic N) is 2. The van der Waals surface area contributed by atoms with Gasteiger partial charge in [-0.1, -0.05) is 37.0 Å². The summed E-state index contributed by atoms with van der Waals surface area (Å²) >= 11 is 11.8. The summed E-state index contributed by atoms with van der Waals surface area (Å²) in [5.41, 5.74) is 16.0. The number of carbonyl (C=O) groups is 2. The zero-order valence-corrected chi connectivity index (χ0v) is 16.3. The molecule has 0 saturated carbocycles. The monoisotopic (exact) mass is 413 g/mol. The van der Waals surface area contributed by atoms with E-state index in [2.05, 4.69) is 15.3 Å². The van der Waals surface area contributed by atoms with Crippen LogP contribution in [0.5, 0.6) is 0 Å². The van der Waals surface area contributed by atoms with Gasteiger partial charge in [0.1, 0.15) is 6.04 Å². The molecule has 0 radical (unpaired) electrons. The number of nitrogens with two attached hydrogens (primary N) is 3. The van der Waals surface area contributed by atoms with Crippen LogP contribution in [0.2, 0.25) is 10.0 Å². The Kier molecular flexibility index (Phi) is 8.20. The predicted molar refractivity (Wildman–Crippen MR) is 109 cm³/mol. The number of nitrogens with one attached hydrogen (secondary N) is 2. The summed E-state index contributed by atoms with van der Waals surface area (Å²) in [5, 5.41) is 11.1. The van der Waals surface area contributed by atoms with E-state index in [1.54, 1.807) is 6.07 Å². The highest BCUT2D eigenvalue weighted by atomic mass is 35.5. The number of carbonyl (C=O) groups excluding carboxylic acids is 2. The van der Waals surface area contributed by atoms with E-state index in [9.17, 15) is 9.59 Å². The smallest absolute Gasteiger partial charge is 0.270 e. The quantitative estimate of drug-likeness (QED) is 0.336. The van der Waals surface area contributed by atoms with Crippen molar-refractivity contribution in [2.24, 2.45) is 33.1 Å². The van der Waals surface area contributed by atoms with Gasteiger partial charge in [0.25, 0.3) is 5.91 Å². The highest BCUT2D eigenvalue weighted by molar-refractivity contribution is 6.67. The summed E-state index contributed by atoms with van der Waals surface area (Å²) in [4.78, 5) is 30.8. The van der Waals surface area contributed by atoms with Gasteiger partial charge in [-0.3, -0.25) is 15.0 Å². The molecule has 27 heavy (non-hydrogen) atoms. The molecule has 0 aliphatic heterocycles. The van der Waals surface area contributed by atoms with E-state index in [-0.39, 0.29) is 22.7 Å². The largest absolute Gasteiger partial charge is 0.368 e. The number of halogens is 2. The lowest BCUT2D eigenvalue weighted by Crippen LogP contribution is -2.36. The van der Waals surface area contributed by atoms with Gasteiger partial charge in [-0.15, -0.1) is 0 Å². The zero-order chi connectivity index (χ0) is 20.7. The van der Waals surface area contributed by atoms with E-state index in [1.165, 1.54) is 12.1 Å². The molecule has 11 heteroatoms. The maximum Gasteiger partial charge on any atom is 0.270 e. The molecule has 0 aromatic heterocycles. The number of primary amides is 2. The molecule has 0 fully saturated rings. The van der Waals surface area contributed by atoms with E-state index >= 15 is 0 Å². The van der Waals surface area contributed by atoms with Crippen molar-refractivity contribution in [1.29, 1.82) is 5.41 Å². The molecule has 0 unspecified atom stereocenters. The van der Waals surface area contributed by atoms with Crippen LogP contribution in [0, 0.1) is 11.3 Å².